The van der Waals surface area contributed by atoms with Crippen LogP contribution in [0.1, 0.15) is 59.8 Å². The van der Waals surface area contributed by atoms with Crippen molar-refractivity contribution in [1.82, 2.24) is 16.0 Å². The van der Waals surface area contributed by atoms with E-state index in [-0.39, 0.29) is 43.6 Å². The number of guanidine groups is 1. The zero-order chi connectivity index (χ0) is 28.0. The van der Waals surface area contributed by atoms with Gasteiger partial charge in [0, 0.05) is 6.54 Å². The monoisotopic (exact) mass is 514 g/mol. The van der Waals surface area contributed by atoms with E-state index in [9.17, 15) is 29.1 Å². The average molecular weight is 515 g/mol. The smallest absolute Gasteiger partial charge is 0.326 e. The van der Waals surface area contributed by atoms with Gasteiger partial charge in [0.05, 0.1) is 12.5 Å². The summed E-state index contributed by atoms with van der Waals surface area (Å²) in [7, 11) is 0. The number of amides is 4. The van der Waals surface area contributed by atoms with Gasteiger partial charge in [-0.25, -0.2) is 4.79 Å². The summed E-state index contributed by atoms with van der Waals surface area (Å²) in [5.41, 5.74) is 21.6. The number of hydrogen-bond acceptors (Lipinski definition) is 7. The van der Waals surface area contributed by atoms with E-state index in [4.69, 9.17) is 22.9 Å². The summed E-state index contributed by atoms with van der Waals surface area (Å²) in [5, 5.41) is 16.7. The van der Waals surface area contributed by atoms with Crippen LogP contribution in [-0.2, 0) is 24.0 Å². The first-order valence-electron chi connectivity index (χ1n) is 11.9. The summed E-state index contributed by atoms with van der Waals surface area (Å²) in [5.74, 6) is -4.32. The van der Waals surface area contributed by atoms with Crippen LogP contribution in [0.5, 0.6) is 0 Å². The third-order valence-corrected chi connectivity index (χ3v) is 5.00. The first kappa shape index (κ1) is 32.6. The van der Waals surface area contributed by atoms with E-state index < -0.39 is 60.2 Å². The quantitative estimate of drug-likeness (QED) is 0.0598. The molecule has 0 aliphatic carbocycles. The molecule has 12 N–H and O–H groups in total. The fraction of sp³-hybridized carbons (Fsp3) is 0.727. The van der Waals surface area contributed by atoms with Gasteiger partial charge in [0.25, 0.3) is 0 Å². The van der Waals surface area contributed by atoms with Gasteiger partial charge in [-0.3, -0.25) is 24.2 Å². The predicted molar refractivity (Wildman–Crippen MR) is 134 cm³/mol. The number of aliphatic imine (C=N–C) groups is 1. The van der Waals surface area contributed by atoms with Gasteiger partial charge in [0.2, 0.25) is 23.6 Å². The van der Waals surface area contributed by atoms with Crippen molar-refractivity contribution in [2.45, 2.75) is 84.0 Å². The van der Waals surface area contributed by atoms with Crippen LogP contribution in [0.2, 0.25) is 0 Å². The number of aliphatic carboxylic acids is 1. The van der Waals surface area contributed by atoms with Gasteiger partial charge in [0.1, 0.15) is 18.1 Å². The molecule has 0 aromatic carbocycles. The number of carboxylic acids is 1. The Kier molecular flexibility index (Phi) is 14.7. The van der Waals surface area contributed by atoms with Gasteiger partial charge in [-0.15, -0.1) is 0 Å². The van der Waals surface area contributed by atoms with Crippen molar-refractivity contribution in [3.63, 3.8) is 0 Å². The van der Waals surface area contributed by atoms with Crippen LogP contribution < -0.4 is 38.9 Å². The standard InChI is InChI=1S/C22H42N8O6/c1-11(2)8-13(23)18(32)29-15(9-12(3)4)20(34)28-14(6-5-7-27-22(25)26)19(33)30-16(21(35)36)10-17(24)31/h11-16H,5-10,23H2,1-4H3,(H2,24,31)(H,28,34)(H,29,32)(H,30,33)(H,35,36)(H4,25,26,27). The molecule has 0 heterocycles. The fourth-order valence-corrected chi connectivity index (χ4v) is 3.31. The molecule has 36 heavy (non-hydrogen) atoms. The Bertz CT molecular complexity index is 797. The highest BCUT2D eigenvalue weighted by Crippen LogP contribution is 2.09. The van der Waals surface area contributed by atoms with Crippen molar-refractivity contribution < 1.29 is 29.1 Å². The second-order valence-corrected chi connectivity index (χ2v) is 9.51. The maximum Gasteiger partial charge on any atom is 0.326 e. The maximum atomic E-state index is 13.1. The molecule has 0 spiro atoms. The summed E-state index contributed by atoms with van der Waals surface area (Å²) in [6.07, 6.45) is 0.383. The number of primary amides is 1. The van der Waals surface area contributed by atoms with Crippen molar-refractivity contribution in [2.24, 2.45) is 39.8 Å². The second kappa shape index (κ2) is 16.3. The van der Waals surface area contributed by atoms with Crippen molar-refractivity contribution >= 4 is 35.6 Å². The van der Waals surface area contributed by atoms with Crippen LogP contribution in [0.25, 0.3) is 0 Å². The third-order valence-electron chi connectivity index (χ3n) is 5.00. The molecule has 206 valence electrons. The van der Waals surface area contributed by atoms with Gasteiger partial charge in [0.15, 0.2) is 5.96 Å². The van der Waals surface area contributed by atoms with Crippen LogP contribution in [-0.4, -0.2) is 71.4 Å². The zero-order valence-corrected chi connectivity index (χ0v) is 21.5. The molecule has 4 unspecified atom stereocenters. The fourth-order valence-electron chi connectivity index (χ4n) is 3.31. The van der Waals surface area contributed by atoms with Crippen LogP contribution in [0.4, 0.5) is 0 Å². The molecule has 0 aliphatic rings. The van der Waals surface area contributed by atoms with Gasteiger partial charge in [-0.1, -0.05) is 27.7 Å². The van der Waals surface area contributed by atoms with Crippen molar-refractivity contribution in [3.05, 3.63) is 0 Å². The third kappa shape index (κ3) is 14.1. The summed E-state index contributed by atoms with van der Waals surface area (Å²) in [4.78, 5) is 65.0. The summed E-state index contributed by atoms with van der Waals surface area (Å²) in [6, 6.07) is -4.56. The van der Waals surface area contributed by atoms with Crippen LogP contribution in [0, 0.1) is 11.8 Å². The van der Waals surface area contributed by atoms with Gasteiger partial charge < -0.3 is 44.0 Å². The Morgan fingerprint density at radius 1 is 0.778 bits per heavy atom. The van der Waals surface area contributed by atoms with Gasteiger partial charge in [-0.05, 0) is 37.5 Å². The molecule has 0 aliphatic heterocycles. The lowest BCUT2D eigenvalue weighted by atomic mass is 10.00. The molecule has 0 saturated carbocycles. The number of hydrogen-bond donors (Lipinski definition) is 8. The molecule has 0 bridgehead atoms. The van der Waals surface area contributed by atoms with Crippen molar-refractivity contribution in [2.75, 3.05) is 6.54 Å². The molecule has 0 rings (SSSR count). The Morgan fingerprint density at radius 2 is 1.28 bits per heavy atom. The molecule has 14 heteroatoms. The van der Waals surface area contributed by atoms with E-state index in [0.29, 0.717) is 6.42 Å². The lowest BCUT2D eigenvalue weighted by molar-refractivity contribution is -0.143. The van der Waals surface area contributed by atoms with Crippen LogP contribution in [0.3, 0.4) is 0 Å². The summed E-state index contributed by atoms with van der Waals surface area (Å²) < 4.78 is 0. The summed E-state index contributed by atoms with van der Waals surface area (Å²) in [6.45, 7) is 7.71. The van der Waals surface area contributed by atoms with E-state index in [0.717, 1.165) is 0 Å². The average Bonchev–Trinajstić information content (AvgIpc) is 2.73. The Balaban J connectivity index is 5.65. The largest absolute Gasteiger partial charge is 0.480 e. The van der Waals surface area contributed by atoms with Gasteiger partial charge in [-0.2, -0.15) is 0 Å². The Morgan fingerprint density at radius 3 is 1.75 bits per heavy atom. The highest BCUT2D eigenvalue weighted by molar-refractivity contribution is 5.94. The minimum atomic E-state index is -1.58. The molecule has 0 aromatic rings. The van der Waals surface area contributed by atoms with Crippen LogP contribution >= 0.6 is 0 Å². The number of carbonyl (C=O) groups excluding carboxylic acids is 4. The Hall–Kier alpha value is -3.42. The zero-order valence-electron chi connectivity index (χ0n) is 21.5. The maximum absolute atomic E-state index is 13.1. The van der Waals surface area contributed by atoms with E-state index in [1.165, 1.54) is 0 Å². The van der Waals surface area contributed by atoms with Gasteiger partial charge >= 0.3 is 5.97 Å². The topological polar surface area (TPSA) is 258 Å². The molecule has 4 atom stereocenters. The number of nitrogens with one attached hydrogen (secondary N) is 3. The van der Waals surface area contributed by atoms with E-state index in [2.05, 4.69) is 20.9 Å². The van der Waals surface area contributed by atoms with E-state index in [1.54, 1.807) is 0 Å². The molecule has 0 saturated heterocycles. The van der Waals surface area contributed by atoms with E-state index in [1.807, 2.05) is 27.7 Å². The predicted octanol–water partition coefficient (Wildman–Crippen LogP) is -2.13. The SMILES string of the molecule is CC(C)CC(N)C(=O)NC(CC(C)C)C(=O)NC(CCCN=C(N)N)C(=O)NC(CC(N)=O)C(=O)O. The first-order valence-corrected chi connectivity index (χ1v) is 11.9. The van der Waals surface area contributed by atoms with E-state index >= 15 is 0 Å². The lowest BCUT2D eigenvalue weighted by Gasteiger charge is -2.26. The normalized spacial score (nSPS) is 14.3. The molecular formula is C22H42N8O6. The molecular weight excluding hydrogens is 472 g/mol. The number of nitrogens with two attached hydrogens (primary N) is 4. The second-order valence-electron chi connectivity index (χ2n) is 9.51. The highest BCUT2D eigenvalue weighted by atomic mass is 16.4. The van der Waals surface area contributed by atoms with Crippen molar-refractivity contribution in [1.29, 1.82) is 0 Å². The minimum absolute atomic E-state index is 0.0171. The summed E-state index contributed by atoms with van der Waals surface area (Å²) >= 11 is 0. The number of carbonyl (C=O) groups is 5. The number of carboxylic acid groups (broad SMARTS) is 1. The van der Waals surface area contributed by atoms with Crippen molar-refractivity contribution in [3.8, 4) is 0 Å². The molecule has 0 aromatic heterocycles. The Labute approximate surface area is 211 Å². The first-order chi connectivity index (χ1) is 16.6. The minimum Gasteiger partial charge on any atom is -0.480 e. The molecule has 0 radical (unpaired) electrons. The number of nitrogens with zero attached hydrogens (tertiary/aromatic N) is 1. The molecule has 0 fully saturated rings. The molecule has 14 nitrogen and oxygen atoms in total. The number of rotatable bonds is 17. The molecule has 4 amide bonds. The lowest BCUT2D eigenvalue weighted by Crippen LogP contribution is -2.57. The highest BCUT2D eigenvalue weighted by Gasteiger charge is 2.31. The van der Waals surface area contributed by atoms with Crippen LogP contribution in [0.15, 0.2) is 4.99 Å².